The number of thioether (sulfide) groups is 1. The van der Waals surface area contributed by atoms with Gasteiger partial charge in [0, 0.05) is 18.7 Å². The van der Waals surface area contributed by atoms with Gasteiger partial charge in [-0.05, 0) is 24.1 Å². The first-order valence-corrected chi connectivity index (χ1v) is 6.67. The summed E-state index contributed by atoms with van der Waals surface area (Å²) in [6, 6.07) is 9.08. The summed E-state index contributed by atoms with van der Waals surface area (Å²) in [6.45, 7) is 3.14. The zero-order valence-corrected chi connectivity index (χ0v) is 10.7. The minimum Gasteiger partial charge on any atom is -0.351 e. The molecule has 1 aromatic carbocycles. The van der Waals surface area contributed by atoms with E-state index in [2.05, 4.69) is 18.5 Å². The lowest BCUT2D eigenvalue weighted by atomic mass is 10.2. The van der Waals surface area contributed by atoms with Crippen LogP contribution in [0.25, 0.3) is 0 Å². The molecule has 0 aromatic heterocycles. The number of rotatable bonds is 4. The van der Waals surface area contributed by atoms with Crippen molar-refractivity contribution in [1.82, 2.24) is 5.32 Å². The predicted octanol–water partition coefficient (Wildman–Crippen LogP) is 1.74. The number of nitrogens with two attached hydrogens (primary N) is 1. The van der Waals surface area contributed by atoms with E-state index in [4.69, 9.17) is 5.73 Å². The van der Waals surface area contributed by atoms with Crippen molar-refractivity contribution in [3.8, 4) is 0 Å². The molecule has 1 aromatic rings. The van der Waals surface area contributed by atoms with E-state index in [-0.39, 0.29) is 5.91 Å². The van der Waals surface area contributed by atoms with E-state index in [1.54, 1.807) is 12.1 Å². The smallest absolute Gasteiger partial charge is 0.251 e. The number of hydrogen-bond acceptors (Lipinski definition) is 3. The Morgan fingerprint density at radius 2 is 1.94 bits per heavy atom. The molecule has 0 saturated heterocycles. The average molecular weight is 240 g/mol. The largest absolute Gasteiger partial charge is 0.351 e. The highest BCUT2D eigenvalue weighted by Crippen LogP contribution is 1.96. The van der Waals surface area contributed by atoms with Crippen molar-refractivity contribution in [2.75, 3.05) is 25.1 Å². The van der Waals surface area contributed by atoms with Crippen LogP contribution in [0.2, 0.25) is 0 Å². The number of hydrogen-bond donors (Lipinski definition) is 2. The average Bonchev–Trinajstić information content (AvgIpc) is 2.37. The van der Waals surface area contributed by atoms with E-state index in [0.717, 1.165) is 0 Å². The molecule has 0 spiro atoms. The van der Waals surface area contributed by atoms with Crippen LogP contribution in [0, 0.1) is 0 Å². The fraction of sp³-hybridized carbons (Fsp3) is 0.417. The van der Waals surface area contributed by atoms with Crippen LogP contribution in [0.15, 0.2) is 30.3 Å². The standard InChI is InChI=1S/C9H12N2O.C3H8S/c10-6-7-11-9(12)8-4-2-1-3-5-8;1-3-4-2/h1-5H,6-7,10H2,(H,11,12);3H2,1-2H3. The monoisotopic (exact) mass is 240 g/mol. The fourth-order valence-electron chi connectivity index (χ4n) is 0.877. The zero-order chi connectivity index (χ0) is 12.2. The summed E-state index contributed by atoms with van der Waals surface area (Å²) in [5, 5.41) is 2.68. The van der Waals surface area contributed by atoms with Gasteiger partial charge in [-0.2, -0.15) is 11.8 Å². The van der Waals surface area contributed by atoms with Crippen molar-refractivity contribution in [2.45, 2.75) is 6.92 Å². The van der Waals surface area contributed by atoms with Crippen molar-refractivity contribution < 1.29 is 4.79 Å². The van der Waals surface area contributed by atoms with Gasteiger partial charge in [0.25, 0.3) is 5.91 Å². The maximum atomic E-state index is 11.2. The first-order chi connectivity index (χ1) is 7.76. The van der Waals surface area contributed by atoms with Crippen LogP contribution in [0.4, 0.5) is 0 Å². The molecule has 0 unspecified atom stereocenters. The van der Waals surface area contributed by atoms with Gasteiger partial charge in [-0.25, -0.2) is 0 Å². The second kappa shape index (κ2) is 10.5. The maximum Gasteiger partial charge on any atom is 0.251 e. The van der Waals surface area contributed by atoms with Gasteiger partial charge in [0.05, 0.1) is 0 Å². The minimum absolute atomic E-state index is 0.0685. The van der Waals surface area contributed by atoms with E-state index >= 15 is 0 Å². The van der Waals surface area contributed by atoms with Crippen LogP contribution in [-0.4, -0.2) is 31.0 Å². The molecule has 3 nitrogen and oxygen atoms in total. The second-order valence-corrected chi connectivity index (χ2v) is 4.14. The molecule has 1 rings (SSSR count). The van der Waals surface area contributed by atoms with Gasteiger partial charge < -0.3 is 11.1 Å². The normalized spacial score (nSPS) is 8.94. The Morgan fingerprint density at radius 3 is 2.38 bits per heavy atom. The van der Waals surface area contributed by atoms with Crippen molar-refractivity contribution in [2.24, 2.45) is 5.73 Å². The lowest BCUT2D eigenvalue weighted by Gasteiger charge is -2.01. The molecule has 0 radical (unpaired) electrons. The number of carbonyl (C=O) groups is 1. The highest BCUT2D eigenvalue weighted by atomic mass is 32.2. The molecule has 0 heterocycles. The Morgan fingerprint density at radius 1 is 1.38 bits per heavy atom. The lowest BCUT2D eigenvalue weighted by Crippen LogP contribution is -2.28. The van der Waals surface area contributed by atoms with Crippen LogP contribution >= 0.6 is 11.8 Å². The Balaban J connectivity index is 0.000000487. The van der Waals surface area contributed by atoms with E-state index in [1.807, 2.05) is 30.0 Å². The summed E-state index contributed by atoms with van der Waals surface area (Å²) in [5.74, 6) is 1.17. The third-order valence-electron chi connectivity index (χ3n) is 1.75. The molecule has 0 aliphatic heterocycles. The van der Waals surface area contributed by atoms with E-state index < -0.39 is 0 Å². The van der Waals surface area contributed by atoms with Crippen molar-refractivity contribution >= 4 is 17.7 Å². The maximum absolute atomic E-state index is 11.2. The van der Waals surface area contributed by atoms with Gasteiger partial charge in [0.15, 0.2) is 0 Å². The number of nitrogens with one attached hydrogen (secondary N) is 1. The lowest BCUT2D eigenvalue weighted by molar-refractivity contribution is 0.0955. The molecule has 16 heavy (non-hydrogen) atoms. The molecule has 0 aliphatic rings. The van der Waals surface area contributed by atoms with Gasteiger partial charge >= 0.3 is 0 Å². The third-order valence-corrected chi connectivity index (χ3v) is 2.33. The van der Waals surface area contributed by atoms with Crippen LogP contribution in [0.3, 0.4) is 0 Å². The molecule has 0 saturated carbocycles. The van der Waals surface area contributed by atoms with Gasteiger partial charge in [-0.15, -0.1) is 0 Å². The third kappa shape index (κ3) is 7.31. The Bertz CT molecular complexity index is 276. The van der Waals surface area contributed by atoms with Crippen molar-refractivity contribution in [1.29, 1.82) is 0 Å². The van der Waals surface area contributed by atoms with Crippen molar-refractivity contribution in [3.05, 3.63) is 35.9 Å². The quantitative estimate of drug-likeness (QED) is 0.843. The van der Waals surface area contributed by atoms with Crippen LogP contribution < -0.4 is 11.1 Å². The molecular formula is C12H20N2OS. The Labute approximate surface area is 102 Å². The summed E-state index contributed by atoms with van der Waals surface area (Å²) in [6.07, 6.45) is 2.10. The molecule has 0 atom stereocenters. The molecule has 0 fully saturated rings. The Hall–Kier alpha value is -1.00. The van der Waals surface area contributed by atoms with Gasteiger partial charge in [0.1, 0.15) is 0 Å². The number of amides is 1. The highest BCUT2D eigenvalue weighted by molar-refractivity contribution is 7.98. The summed E-state index contributed by atoms with van der Waals surface area (Å²) < 4.78 is 0. The summed E-state index contributed by atoms with van der Waals surface area (Å²) >= 11 is 1.86. The molecule has 3 N–H and O–H groups in total. The van der Waals surface area contributed by atoms with Crippen LogP contribution in [-0.2, 0) is 0 Å². The van der Waals surface area contributed by atoms with E-state index in [9.17, 15) is 4.79 Å². The predicted molar refractivity (Wildman–Crippen MR) is 71.9 cm³/mol. The molecule has 0 aliphatic carbocycles. The van der Waals surface area contributed by atoms with Gasteiger partial charge in [0.2, 0.25) is 0 Å². The molecule has 0 bridgehead atoms. The highest BCUT2D eigenvalue weighted by Gasteiger charge is 2.00. The molecule has 90 valence electrons. The fourth-order valence-corrected chi connectivity index (χ4v) is 0.877. The first-order valence-electron chi connectivity index (χ1n) is 5.28. The second-order valence-electron chi connectivity index (χ2n) is 2.99. The first kappa shape index (κ1) is 15.0. The number of carbonyl (C=O) groups excluding carboxylic acids is 1. The van der Waals surface area contributed by atoms with Gasteiger partial charge in [-0.3, -0.25) is 4.79 Å². The minimum atomic E-state index is -0.0685. The topological polar surface area (TPSA) is 55.1 Å². The molecule has 1 amide bonds. The number of benzene rings is 1. The SMILES string of the molecule is CCSC.NCCNC(=O)c1ccccc1. The Kier molecular flexibility index (Phi) is 9.86. The molecule has 4 heteroatoms. The summed E-state index contributed by atoms with van der Waals surface area (Å²) in [5.41, 5.74) is 5.91. The van der Waals surface area contributed by atoms with E-state index in [0.29, 0.717) is 18.7 Å². The zero-order valence-electron chi connectivity index (χ0n) is 9.90. The van der Waals surface area contributed by atoms with Crippen LogP contribution in [0.1, 0.15) is 17.3 Å². The van der Waals surface area contributed by atoms with Gasteiger partial charge in [-0.1, -0.05) is 25.1 Å². The molecular weight excluding hydrogens is 220 g/mol. The van der Waals surface area contributed by atoms with Crippen LogP contribution in [0.5, 0.6) is 0 Å². The summed E-state index contributed by atoms with van der Waals surface area (Å²) in [4.78, 5) is 11.2. The van der Waals surface area contributed by atoms with E-state index in [1.165, 1.54) is 5.75 Å². The summed E-state index contributed by atoms with van der Waals surface area (Å²) in [7, 11) is 0. The van der Waals surface area contributed by atoms with Crippen molar-refractivity contribution in [3.63, 3.8) is 0 Å².